The molecule has 2 aromatic heterocycles. The van der Waals surface area contributed by atoms with Crippen LogP contribution in [0.1, 0.15) is 50.0 Å². The van der Waals surface area contributed by atoms with Crippen LogP contribution >= 0.6 is 23.1 Å². The lowest BCUT2D eigenvalue weighted by molar-refractivity contribution is -0.113. The Morgan fingerprint density at radius 3 is 2.51 bits per heavy atom. The van der Waals surface area contributed by atoms with Gasteiger partial charge < -0.3 is 19.5 Å². The van der Waals surface area contributed by atoms with Gasteiger partial charge in [-0.25, -0.2) is 9.59 Å². The summed E-state index contributed by atoms with van der Waals surface area (Å²) >= 11 is 2.13. The summed E-state index contributed by atoms with van der Waals surface area (Å²) in [4.78, 5) is 37.4. The summed E-state index contributed by atoms with van der Waals surface area (Å²) in [5.41, 5.74) is 1.50. The summed E-state index contributed by atoms with van der Waals surface area (Å²) in [6.07, 6.45) is 1.31. The van der Waals surface area contributed by atoms with Gasteiger partial charge in [-0.1, -0.05) is 36.0 Å². The number of hydrogen-bond acceptors (Lipinski definition) is 10. The highest BCUT2D eigenvalue weighted by molar-refractivity contribution is 7.99. The first-order chi connectivity index (χ1) is 17.7. The third kappa shape index (κ3) is 6.38. The van der Waals surface area contributed by atoms with Crippen LogP contribution < -0.4 is 10.1 Å². The zero-order valence-corrected chi connectivity index (χ0v) is 22.8. The molecule has 0 saturated carbocycles. The van der Waals surface area contributed by atoms with Crippen molar-refractivity contribution >= 4 is 45.9 Å². The van der Waals surface area contributed by atoms with Crippen molar-refractivity contribution in [1.29, 1.82) is 0 Å². The SMILES string of the molecule is C=CCn1c(SCC(=O)Nc2sc(C(=O)OC)c(C)c2C(=O)OC)nnc1C(C)Oc1ccccc1C. The number of carbonyl (C=O) groups excluding carboxylic acids is 3. The number of ether oxygens (including phenoxy) is 3. The van der Waals surface area contributed by atoms with Crippen LogP contribution in [-0.4, -0.2) is 52.6 Å². The molecule has 2 heterocycles. The van der Waals surface area contributed by atoms with Gasteiger partial charge in [0, 0.05) is 6.54 Å². The fourth-order valence-electron chi connectivity index (χ4n) is 3.47. The van der Waals surface area contributed by atoms with Crippen LogP contribution in [0.2, 0.25) is 0 Å². The van der Waals surface area contributed by atoms with Crippen LogP contribution in [0.5, 0.6) is 5.75 Å². The fraction of sp³-hybridized carbons (Fsp3) is 0.320. The van der Waals surface area contributed by atoms with Gasteiger partial charge in [0.1, 0.15) is 15.6 Å². The van der Waals surface area contributed by atoms with Gasteiger partial charge in [0.2, 0.25) is 5.91 Å². The minimum absolute atomic E-state index is 0.0204. The molecule has 1 atom stereocenters. The number of hydrogen-bond donors (Lipinski definition) is 1. The molecule has 1 N–H and O–H groups in total. The van der Waals surface area contributed by atoms with Gasteiger partial charge in [-0.15, -0.1) is 28.1 Å². The molecule has 0 aliphatic carbocycles. The molecule has 0 aliphatic rings. The molecular weight excluding hydrogens is 516 g/mol. The lowest BCUT2D eigenvalue weighted by atomic mass is 10.1. The van der Waals surface area contributed by atoms with Gasteiger partial charge in [-0.3, -0.25) is 9.36 Å². The summed E-state index contributed by atoms with van der Waals surface area (Å²) in [6, 6.07) is 7.69. The average molecular weight is 545 g/mol. The Morgan fingerprint density at radius 2 is 1.86 bits per heavy atom. The van der Waals surface area contributed by atoms with Crippen molar-refractivity contribution in [3.05, 3.63) is 64.3 Å². The van der Waals surface area contributed by atoms with Crippen molar-refractivity contribution in [3.8, 4) is 5.75 Å². The van der Waals surface area contributed by atoms with Crippen LogP contribution in [-0.2, 0) is 20.8 Å². The van der Waals surface area contributed by atoms with Gasteiger partial charge in [-0.2, -0.15) is 0 Å². The molecule has 0 aliphatic heterocycles. The minimum Gasteiger partial charge on any atom is -0.482 e. The van der Waals surface area contributed by atoms with E-state index in [1.54, 1.807) is 13.0 Å². The van der Waals surface area contributed by atoms with Crippen LogP contribution in [0.3, 0.4) is 0 Å². The van der Waals surface area contributed by atoms with E-state index in [9.17, 15) is 14.4 Å². The van der Waals surface area contributed by atoms with E-state index < -0.39 is 23.9 Å². The van der Waals surface area contributed by atoms with E-state index in [-0.39, 0.29) is 21.2 Å². The first-order valence-corrected chi connectivity index (χ1v) is 13.0. The molecule has 1 unspecified atom stereocenters. The van der Waals surface area contributed by atoms with Crippen molar-refractivity contribution in [2.75, 3.05) is 25.3 Å². The van der Waals surface area contributed by atoms with E-state index in [1.165, 1.54) is 26.0 Å². The Bertz CT molecular complexity index is 1320. The van der Waals surface area contributed by atoms with Crippen LogP contribution in [0.15, 0.2) is 42.1 Å². The molecule has 3 rings (SSSR count). The van der Waals surface area contributed by atoms with Crippen molar-refractivity contribution in [2.24, 2.45) is 0 Å². The van der Waals surface area contributed by atoms with Gasteiger partial charge in [0.15, 0.2) is 17.1 Å². The topological polar surface area (TPSA) is 122 Å². The largest absolute Gasteiger partial charge is 0.482 e. The minimum atomic E-state index is -0.662. The molecule has 3 aromatic rings. The van der Waals surface area contributed by atoms with Crippen molar-refractivity contribution < 1.29 is 28.6 Å². The Labute approximate surface area is 223 Å². The third-order valence-corrected chi connectivity index (χ3v) is 7.46. The number of thiophene rings is 1. The van der Waals surface area contributed by atoms with Gasteiger partial charge >= 0.3 is 11.9 Å². The maximum absolute atomic E-state index is 12.8. The number of methoxy groups -OCH3 is 2. The number of esters is 2. The highest BCUT2D eigenvalue weighted by atomic mass is 32.2. The number of amides is 1. The number of thioether (sulfide) groups is 1. The second-order valence-corrected chi connectivity index (χ2v) is 9.81. The Kier molecular flexibility index (Phi) is 9.48. The zero-order valence-electron chi connectivity index (χ0n) is 21.2. The number of nitrogens with zero attached hydrogens (tertiary/aromatic N) is 3. The highest BCUT2D eigenvalue weighted by Crippen LogP contribution is 2.34. The molecule has 10 nitrogen and oxygen atoms in total. The predicted octanol–water partition coefficient (Wildman–Crippen LogP) is 4.59. The van der Waals surface area contributed by atoms with Crippen LogP contribution in [0.25, 0.3) is 0 Å². The number of rotatable bonds is 11. The first kappa shape index (κ1) is 27.9. The predicted molar refractivity (Wildman–Crippen MR) is 142 cm³/mol. The molecule has 0 bridgehead atoms. The monoisotopic (exact) mass is 544 g/mol. The molecule has 1 amide bonds. The second-order valence-electron chi connectivity index (χ2n) is 7.85. The van der Waals surface area contributed by atoms with Gasteiger partial charge in [0.05, 0.1) is 25.5 Å². The number of allylic oxidation sites excluding steroid dienone is 1. The lowest BCUT2D eigenvalue weighted by Gasteiger charge is -2.17. The Hall–Kier alpha value is -3.64. The molecule has 12 heteroatoms. The number of anilines is 1. The highest BCUT2D eigenvalue weighted by Gasteiger charge is 2.27. The zero-order chi connectivity index (χ0) is 27.1. The molecule has 196 valence electrons. The lowest BCUT2D eigenvalue weighted by Crippen LogP contribution is -2.17. The number of aryl methyl sites for hydroxylation is 1. The summed E-state index contributed by atoms with van der Waals surface area (Å²) < 4.78 is 17.5. The molecule has 37 heavy (non-hydrogen) atoms. The number of nitrogens with one attached hydrogen (secondary N) is 1. The quantitative estimate of drug-likeness (QED) is 0.210. The second kappa shape index (κ2) is 12.5. The van der Waals surface area contributed by atoms with E-state index in [0.717, 1.165) is 22.6 Å². The molecule has 1 aromatic carbocycles. The van der Waals surface area contributed by atoms with Gasteiger partial charge in [-0.05, 0) is 38.0 Å². The normalized spacial score (nSPS) is 11.5. The summed E-state index contributed by atoms with van der Waals surface area (Å²) in [5, 5.41) is 12.0. The summed E-state index contributed by atoms with van der Waals surface area (Å²) in [6.45, 7) is 9.67. The van der Waals surface area contributed by atoms with E-state index >= 15 is 0 Å². The standard InChI is InChI=1S/C25H28N4O6S2/c1-7-12-29-21(16(4)35-17-11-9-8-10-14(17)2)27-28-25(29)36-13-18(30)26-22-19(23(31)33-5)15(3)20(37-22)24(32)34-6/h7-11,16H,1,12-13H2,2-6H3,(H,26,30). The van der Waals surface area contributed by atoms with E-state index in [2.05, 4.69) is 22.1 Å². The number of aromatic nitrogens is 3. The first-order valence-electron chi connectivity index (χ1n) is 11.2. The smallest absolute Gasteiger partial charge is 0.348 e. The van der Waals surface area contributed by atoms with E-state index in [0.29, 0.717) is 23.1 Å². The van der Waals surface area contributed by atoms with Crippen molar-refractivity contribution in [2.45, 2.75) is 38.6 Å². The Morgan fingerprint density at radius 1 is 1.16 bits per heavy atom. The van der Waals surface area contributed by atoms with Gasteiger partial charge in [0.25, 0.3) is 0 Å². The average Bonchev–Trinajstić information content (AvgIpc) is 3.43. The summed E-state index contributed by atoms with van der Waals surface area (Å²) in [7, 11) is 2.47. The maximum atomic E-state index is 12.8. The fourth-order valence-corrected chi connectivity index (χ4v) is 5.35. The molecular formula is C25H28N4O6S2. The van der Waals surface area contributed by atoms with Crippen molar-refractivity contribution in [1.82, 2.24) is 14.8 Å². The maximum Gasteiger partial charge on any atom is 0.348 e. The molecule has 0 radical (unpaired) electrons. The van der Waals surface area contributed by atoms with Crippen molar-refractivity contribution in [3.63, 3.8) is 0 Å². The number of carbonyl (C=O) groups is 3. The van der Waals surface area contributed by atoms with Crippen LogP contribution in [0.4, 0.5) is 5.00 Å². The number of benzene rings is 1. The Balaban J connectivity index is 1.76. The van der Waals surface area contributed by atoms with E-state index in [1.807, 2.05) is 42.7 Å². The summed E-state index contributed by atoms with van der Waals surface area (Å²) in [5.74, 6) is -0.342. The number of para-hydroxylation sites is 1. The molecule has 0 saturated heterocycles. The van der Waals surface area contributed by atoms with E-state index in [4.69, 9.17) is 14.2 Å². The third-order valence-electron chi connectivity index (χ3n) is 5.31. The van der Waals surface area contributed by atoms with Crippen LogP contribution in [0, 0.1) is 13.8 Å². The molecule has 0 spiro atoms. The molecule has 0 fully saturated rings.